The molecule has 0 bridgehead atoms. The van der Waals surface area contributed by atoms with Crippen molar-refractivity contribution in [2.24, 2.45) is 0 Å². The van der Waals surface area contributed by atoms with Crippen LogP contribution < -0.4 is 5.32 Å². The minimum Gasteiger partial charge on any atom is -0.365 e. The van der Waals surface area contributed by atoms with Crippen LogP contribution in [-0.2, 0) is 0 Å². The van der Waals surface area contributed by atoms with Crippen molar-refractivity contribution in [3.05, 3.63) is 16.5 Å². The fourth-order valence-corrected chi connectivity index (χ4v) is 2.07. The molecular weight excluding hydrogens is 246 g/mol. The zero-order valence-electron chi connectivity index (χ0n) is 12.3. The lowest BCUT2D eigenvalue weighted by atomic mass is 9.99. The maximum Gasteiger partial charge on any atom is 0.137 e. The van der Waals surface area contributed by atoms with Crippen LogP contribution in [-0.4, -0.2) is 15.5 Å². The molecule has 0 aliphatic heterocycles. The summed E-state index contributed by atoms with van der Waals surface area (Å²) in [5, 5.41) is 4.03. The number of nitrogens with zero attached hydrogens (tertiary/aromatic N) is 2. The van der Waals surface area contributed by atoms with Gasteiger partial charge in [0.15, 0.2) is 0 Å². The van der Waals surface area contributed by atoms with E-state index in [1.165, 1.54) is 0 Å². The Morgan fingerprint density at radius 3 is 2.39 bits per heavy atom. The first-order chi connectivity index (χ1) is 8.26. The molecule has 0 unspecified atom stereocenters. The molecule has 1 aromatic heterocycles. The first kappa shape index (κ1) is 15.2. The standard InChI is InChI=1S/C14H24ClN3/c1-7-8-14(5,6)18-13-10(4)11(15)16-12(17-13)9(2)3/h9H,7-8H2,1-6H3,(H,16,17,18). The molecule has 1 heterocycles. The molecule has 0 atom stereocenters. The van der Waals surface area contributed by atoms with Crippen LogP contribution in [0.25, 0.3) is 0 Å². The highest BCUT2D eigenvalue weighted by molar-refractivity contribution is 6.30. The lowest BCUT2D eigenvalue weighted by molar-refractivity contribution is 0.508. The van der Waals surface area contributed by atoms with E-state index in [2.05, 4.69) is 49.9 Å². The van der Waals surface area contributed by atoms with Gasteiger partial charge in [-0.15, -0.1) is 0 Å². The SMILES string of the molecule is CCCC(C)(C)Nc1nc(C(C)C)nc(Cl)c1C. The Balaban J connectivity index is 3.08. The molecule has 102 valence electrons. The van der Waals surface area contributed by atoms with Crippen molar-refractivity contribution >= 4 is 17.4 Å². The van der Waals surface area contributed by atoms with Gasteiger partial charge in [-0.3, -0.25) is 0 Å². The van der Waals surface area contributed by atoms with E-state index in [1.54, 1.807) is 0 Å². The third kappa shape index (κ3) is 3.84. The van der Waals surface area contributed by atoms with Crippen molar-refractivity contribution in [3.63, 3.8) is 0 Å². The van der Waals surface area contributed by atoms with Crippen LogP contribution in [0.2, 0.25) is 5.15 Å². The van der Waals surface area contributed by atoms with Crippen LogP contribution in [0, 0.1) is 6.92 Å². The highest BCUT2D eigenvalue weighted by Crippen LogP contribution is 2.26. The van der Waals surface area contributed by atoms with Gasteiger partial charge < -0.3 is 5.32 Å². The van der Waals surface area contributed by atoms with E-state index < -0.39 is 0 Å². The molecular formula is C14H24ClN3. The second-order valence-corrected chi connectivity index (χ2v) is 6.12. The van der Waals surface area contributed by atoms with Crippen molar-refractivity contribution < 1.29 is 0 Å². The summed E-state index contributed by atoms with van der Waals surface area (Å²) in [5.41, 5.74) is 0.941. The summed E-state index contributed by atoms with van der Waals surface area (Å²) in [7, 11) is 0. The minimum atomic E-state index is 0.0193. The average Bonchev–Trinajstić information content (AvgIpc) is 2.23. The van der Waals surface area contributed by atoms with E-state index >= 15 is 0 Å². The number of nitrogens with one attached hydrogen (secondary N) is 1. The van der Waals surface area contributed by atoms with Gasteiger partial charge in [0.05, 0.1) is 0 Å². The summed E-state index contributed by atoms with van der Waals surface area (Å²) in [6, 6.07) is 0. The third-order valence-corrected chi connectivity index (χ3v) is 3.32. The van der Waals surface area contributed by atoms with Gasteiger partial charge in [0, 0.05) is 17.0 Å². The molecule has 18 heavy (non-hydrogen) atoms. The lowest BCUT2D eigenvalue weighted by Gasteiger charge is -2.27. The molecule has 0 aliphatic rings. The van der Waals surface area contributed by atoms with Crippen LogP contribution in [0.4, 0.5) is 5.82 Å². The molecule has 0 radical (unpaired) electrons. The quantitative estimate of drug-likeness (QED) is 0.797. The predicted octanol–water partition coefficient (Wildman–Crippen LogP) is 4.55. The van der Waals surface area contributed by atoms with E-state index in [0.29, 0.717) is 5.15 Å². The Kier molecular flexibility index (Phi) is 4.97. The van der Waals surface area contributed by atoms with Gasteiger partial charge in [-0.2, -0.15) is 0 Å². The predicted molar refractivity (Wildman–Crippen MR) is 78.5 cm³/mol. The molecule has 0 saturated heterocycles. The Morgan fingerprint density at radius 1 is 1.28 bits per heavy atom. The van der Waals surface area contributed by atoms with Crippen molar-refractivity contribution in [1.82, 2.24) is 9.97 Å². The number of rotatable bonds is 5. The van der Waals surface area contributed by atoms with Crippen molar-refractivity contribution in [2.45, 2.75) is 65.8 Å². The highest BCUT2D eigenvalue weighted by atomic mass is 35.5. The van der Waals surface area contributed by atoms with Crippen molar-refractivity contribution in [1.29, 1.82) is 0 Å². The fourth-order valence-electron chi connectivity index (χ4n) is 1.89. The average molecular weight is 270 g/mol. The summed E-state index contributed by atoms with van der Waals surface area (Å²) in [6.07, 6.45) is 2.22. The molecule has 1 N–H and O–H groups in total. The van der Waals surface area contributed by atoms with E-state index in [9.17, 15) is 0 Å². The van der Waals surface area contributed by atoms with E-state index in [0.717, 1.165) is 30.0 Å². The first-order valence-electron chi connectivity index (χ1n) is 6.59. The van der Waals surface area contributed by atoms with Crippen molar-refractivity contribution in [3.8, 4) is 0 Å². The van der Waals surface area contributed by atoms with E-state index in [1.807, 2.05) is 6.92 Å². The Morgan fingerprint density at radius 2 is 1.89 bits per heavy atom. The molecule has 0 spiro atoms. The molecule has 0 fully saturated rings. The summed E-state index contributed by atoms with van der Waals surface area (Å²) in [4.78, 5) is 8.92. The second kappa shape index (κ2) is 5.87. The molecule has 0 saturated carbocycles. The summed E-state index contributed by atoms with van der Waals surface area (Å²) in [5.74, 6) is 1.93. The van der Waals surface area contributed by atoms with Crippen LogP contribution >= 0.6 is 11.6 Å². The molecule has 1 aromatic rings. The Labute approximate surface area is 115 Å². The Bertz CT molecular complexity index is 414. The van der Waals surface area contributed by atoms with Crippen LogP contribution in [0.1, 0.15) is 64.8 Å². The number of halogens is 1. The fraction of sp³-hybridized carbons (Fsp3) is 0.714. The molecule has 4 heteroatoms. The number of anilines is 1. The highest BCUT2D eigenvalue weighted by Gasteiger charge is 2.20. The topological polar surface area (TPSA) is 37.8 Å². The van der Waals surface area contributed by atoms with Gasteiger partial charge in [0.1, 0.15) is 16.8 Å². The lowest BCUT2D eigenvalue weighted by Crippen LogP contribution is -2.31. The number of hydrogen-bond donors (Lipinski definition) is 1. The van der Waals surface area contributed by atoms with Gasteiger partial charge in [0.2, 0.25) is 0 Å². The van der Waals surface area contributed by atoms with Gasteiger partial charge >= 0.3 is 0 Å². The Hall–Kier alpha value is -0.830. The normalized spacial score (nSPS) is 12.0. The monoisotopic (exact) mass is 269 g/mol. The van der Waals surface area contributed by atoms with Gasteiger partial charge in [-0.1, -0.05) is 38.8 Å². The maximum atomic E-state index is 6.18. The zero-order valence-corrected chi connectivity index (χ0v) is 13.0. The molecule has 1 rings (SSSR count). The van der Waals surface area contributed by atoms with Gasteiger partial charge in [-0.05, 0) is 27.2 Å². The van der Waals surface area contributed by atoms with Crippen molar-refractivity contribution in [2.75, 3.05) is 5.32 Å². The van der Waals surface area contributed by atoms with Gasteiger partial charge in [-0.25, -0.2) is 9.97 Å². The molecule has 0 aromatic carbocycles. The van der Waals surface area contributed by atoms with E-state index in [4.69, 9.17) is 11.6 Å². The molecule has 0 amide bonds. The number of aromatic nitrogens is 2. The third-order valence-electron chi connectivity index (χ3n) is 2.95. The largest absolute Gasteiger partial charge is 0.365 e. The zero-order chi connectivity index (χ0) is 13.9. The summed E-state index contributed by atoms with van der Waals surface area (Å²) < 4.78 is 0. The molecule has 0 aliphatic carbocycles. The summed E-state index contributed by atoms with van der Waals surface area (Å²) >= 11 is 6.18. The molecule has 3 nitrogen and oxygen atoms in total. The smallest absolute Gasteiger partial charge is 0.137 e. The maximum absolute atomic E-state index is 6.18. The van der Waals surface area contributed by atoms with Crippen LogP contribution in [0.3, 0.4) is 0 Å². The van der Waals surface area contributed by atoms with E-state index in [-0.39, 0.29) is 11.5 Å². The van der Waals surface area contributed by atoms with Crippen LogP contribution in [0.5, 0.6) is 0 Å². The number of hydrogen-bond acceptors (Lipinski definition) is 3. The summed E-state index contributed by atoms with van der Waals surface area (Å²) in [6.45, 7) is 12.6. The second-order valence-electron chi connectivity index (χ2n) is 5.76. The minimum absolute atomic E-state index is 0.0193. The van der Waals surface area contributed by atoms with Gasteiger partial charge in [0.25, 0.3) is 0 Å². The van der Waals surface area contributed by atoms with Crippen LogP contribution in [0.15, 0.2) is 0 Å². The first-order valence-corrected chi connectivity index (χ1v) is 6.97.